The molecule has 5 atom stereocenters. The Morgan fingerprint density at radius 3 is 1.65 bits per heavy atom. The fourth-order valence-electron chi connectivity index (χ4n) is 17.9. The number of amides is 3. The Morgan fingerprint density at radius 1 is 0.551 bits per heavy atom. The van der Waals surface area contributed by atoms with Crippen molar-refractivity contribution in [1.29, 1.82) is 0 Å². The second kappa shape index (κ2) is 31.2. The van der Waals surface area contributed by atoms with E-state index in [1.807, 2.05) is 72.1 Å². The number of aromatic nitrogens is 10. The van der Waals surface area contributed by atoms with Gasteiger partial charge in [-0.3, -0.25) is 33.7 Å². The molecule has 3 fully saturated rings. The van der Waals surface area contributed by atoms with Crippen molar-refractivity contribution in [3.63, 3.8) is 0 Å². The van der Waals surface area contributed by atoms with Crippen LogP contribution >= 0.6 is 0 Å². The lowest BCUT2D eigenvalue weighted by atomic mass is 9.50. The second-order valence-corrected chi connectivity index (χ2v) is 30.6. The Bertz CT molecular complexity index is 4920. The number of methoxy groups -OCH3 is 3. The van der Waals surface area contributed by atoms with Gasteiger partial charge in [0.05, 0.1) is 89.0 Å². The number of carboxylic acid groups (broad SMARTS) is 2. The lowest BCUT2D eigenvalue weighted by Crippen LogP contribution is -2.50. The van der Waals surface area contributed by atoms with Gasteiger partial charge in [-0.15, -0.1) is 0 Å². The summed E-state index contributed by atoms with van der Waals surface area (Å²) in [6.45, 7) is 13.5. The van der Waals surface area contributed by atoms with Gasteiger partial charge < -0.3 is 43.4 Å². The van der Waals surface area contributed by atoms with Crippen molar-refractivity contribution in [3.8, 4) is 0 Å². The number of nitrogens with one attached hydrogen (secondary N) is 1. The van der Waals surface area contributed by atoms with Crippen molar-refractivity contribution in [2.45, 2.75) is 200 Å². The molecule has 562 valence electrons. The number of aryl methyl sites for hydroxylation is 10. The van der Waals surface area contributed by atoms with Gasteiger partial charge in [0.2, 0.25) is 0 Å². The van der Waals surface area contributed by atoms with Crippen LogP contribution in [0.1, 0.15) is 166 Å². The fourth-order valence-corrected chi connectivity index (χ4v) is 17.9. The number of carbonyl (C=O) groups excluding carboxylic acids is 3. The predicted molar refractivity (Wildman–Crippen MR) is 410 cm³/mol. The monoisotopic (exact) mass is 1450 g/mol. The highest BCUT2D eigenvalue weighted by molar-refractivity contribution is 5.98. The van der Waals surface area contributed by atoms with Crippen LogP contribution in [0.3, 0.4) is 0 Å². The zero-order chi connectivity index (χ0) is 74.9. The summed E-state index contributed by atoms with van der Waals surface area (Å²) < 4.78 is 26.0. The summed E-state index contributed by atoms with van der Waals surface area (Å²) in [4.78, 5) is 81.7. The van der Waals surface area contributed by atoms with E-state index in [2.05, 4.69) is 118 Å². The van der Waals surface area contributed by atoms with Gasteiger partial charge in [0, 0.05) is 118 Å². The van der Waals surface area contributed by atoms with E-state index in [0.717, 1.165) is 225 Å². The molecule has 8 heterocycles. The molecule has 16 rings (SSSR count). The molecule has 3 aliphatic heterocycles. The topological polar surface area (TPSA) is 264 Å². The molecule has 0 radical (unpaired) electrons. The molecular weight excluding hydrogens is 1350 g/mol. The average Bonchev–Trinajstić information content (AvgIpc) is 1.49. The number of aliphatic carboxylic acids is 2. The third-order valence-corrected chi connectivity index (χ3v) is 23.7. The van der Waals surface area contributed by atoms with Gasteiger partial charge in [0.1, 0.15) is 17.5 Å². The molecule has 24 nitrogen and oxygen atoms in total. The maximum absolute atomic E-state index is 12.6. The second-order valence-electron chi connectivity index (χ2n) is 30.6. The molecule has 0 bridgehead atoms. The number of anilines is 3. The lowest BCUT2D eigenvalue weighted by molar-refractivity contribution is -0.157. The number of rotatable bonds is 17. The summed E-state index contributed by atoms with van der Waals surface area (Å²) in [7, 11) is 6.21. The van der Waals surface area contributed by atoms with Crippen LogP contribution in [-0.4, -0.2) is 135 Å². The molecule has 10 aromatic rings. The van der Waals surface area contributed by atoms with E-state index in [4.69, 9.17) is 29.2 Å². The summed E-state index contributed by atoms with van der Waals surface area (Å²) >= 11 is 0. The van der Waals surface area contributed by atoms with Gasteiger partial charge in [0.15, 0.2) is 0 Å². The summed E-state index contributed by atoms with van der Waals surface area (Å²) in [5, 5.41) is 31.4. The third-order valence-electron chi connectivity index (χ3n) is 23.7. The minimum atomic E-state index is -0.703. The molecular formula is C83H100N14O10. The summed E-state index contributed by atoms with van der Waals surface area (Å²) in [6.07, 6.45) is 19.9. The largest absolute Gasteiger partial charge is 0.481 e. The maximum Gasteiger partial charge on any atom is 0.414 e. The Morgan fingerprint density at radius 2 is 1.11 bits per heavy atom. The lowest BCUT2D eigenvalue weighted by Gasteiger charge is -2.57. The van der Waals surface area contributed by atoms with Crippen molar-refractivity contribution in [2.24, 2.45) is 24.3 Å². The molecule has 5 aromatic heterocycles. The van der Waals surface area contributed by atoms with Crippen LogP contribution in [0.5, 0.6) is 0 Å². The summed E-state index contributed by atoms with van der Waals surface area (Å²) in [5.74, 6) is 1.19. The molecule has 6 aliphatic rings. The molecule has 24 heteroatoms. The van der Waals surface area contributed by atoms with Crippen LogP contribution in [0.4, 0.5) is 31.4 Å². The highest BCUT2D eigenvalue weighted by Crippen LogP contribution is 2.63. The molecule has 0 saturated heterocycles. The average molecular weight is 1450 g/mol. The molecule has 1 spiro atoms. The molecule has 3 amide bonds. The van der Waals surface area contributed by atoms with Gasteiger partial charge in [-0.2, -0.15) is 10.2 Å². The minimum Gasteiger partial charge on any atom is -0.481 e. The Hall–Kier alpha value is -10.4. The molecule has 3 N–H and O–H groups in total. The SMILES string of the molecule is COC(=O)N1c2ccc3c(nc(CCc4ccc(C)c(C)c4)n3[C@@H]3CCC[C@@H](C(=O)O)C3)c2CC[C@@H]1C.COC(=O)N1c2ccc3c(nc(CCn4cccn4)n3CCNCc3ccn(C)n3)c2CC[C@@H]1C.COC(=O)N1c2ccc3c(nc(Cc4ccccc4)n3C3CC4(CC(C(=O)O)C4)C3)c2CC[C@@H]1C. The number of fused-ring (bicyclic) bond motifs is 9. The van der Waals surface area contributed by atoms with E-state index < -0.39 is 11.9 Å². The van der Waals surface area contributed by atoms with E-state index in [1.54, 1.807) is 20.9 Å². The van der Waals surface area contributed by atoms with E-state index in [0.29, 0.717) is 12.5 Å². The number of hydrogen-bond acceptors (Lipinski definition) is 14. The number of hydrogen-bond donors (Lipinski definition) is 3. The summed E-state index contributed by atoms with van der Waals surface area (Å²) in [5.41, 5.74) is 18.4. The van der Waals surface area contributed by atoms with Crippen LogP contribution in [0.15, 0.2) is 116 Å². The maximum atomic E-state index is 12.6. The zero-order valence-corrected chi connectivity index (χ0v) is 63.0. The Kier molecular flexibility index (Phi) is 21.5. The molecule has 107 heavy (non-hydrogen) atoms. The molecule has 3 aliphatic carbocycles. The van der Waals surface area contributed by atoms with Gasteiger partial charge in [-0.1, -0.05) is 55.0 Å². The number of nitrogens with zero attached hydrogens (tertiary/aromatic N) is 13. The van der Waals surface area contributed by atoms with Gasteiger partial charge in [-0.25, -0.2) is 29.3 Å². The van der Waals surface area contributed by atoms with Crippen molar-refractivity contribution < 1.29 is 48.4 Å². The predicted octanol–water partition coefficient (Wildman–Crippen LogP) is 14.4. The number of carbonyl (C=O) groups is 5. The van der Waals surface area contributed by atoms with Crippen molar-refractivity contribution in [1.82, 2.24) is 53.5 Å². The summed E-state index contributed by atoms with van der Waals surface area (Å²) in [6, 6.07) is 34.0. The van der Waals surface area contributed by atoms with Crippen molar-refractivity contribution in [2.75, 3.05) is 42.6 Å². The van der Waals surface area contributed by atoms with Gasteiger partial charge in [0.25, 0.3) is 0 Å². The number of carboxylic acids is 2. The standard InChI is InChI=1S/C30H37N3O4.C28H31N3O4.C25H32N8O2/c1-18-8-10-21(16-19(18)2)11-15-27-31-28-24-12-9-20(3)32(30(36)37-4)25(24)13-14-26(28)33(27)23-7-5-6-22(17-23)29(34)35;1-17-8-9-21-22(30(17)27(34)35-2)10-11-23-25(21)29-24(12-18-6-4-3-5-7-18)31(23)20-15-28(16-20)13-19(14-28)26(32)33;1-18-5-6-20-21(33(18)25(34)35-3)7-8-22-24(20)28-23(10-15-31-13-4-11-27-31)32(22)16-12-26-17-19-9-14-30(2)29-19/h8,10,13-14,16,20,22-23H,5-7,9,11-12,15,17H2,1-4H3,(H,34,35);3-7,10-11,17,19-20H,8-9,12-16H2,1-2H3,(H,32,33);4,7-9,11,13-14,18,26H,5-6,10,12,15-17H2,1-3H3/t20-,22+,23+;17-,19?,20?,28?;18-/m000/s1. The first-order valence-corrected chi connectivity index (χ1v) is 38.1. The first kappa shape index (κ1) is 73.5. The first-order valence-electron chi connectivity index (χ1n) is 38.1. The van der Waals surface area contributed by atoms with Crippen molar-refractivity contribution in [3.05, 3.63) is 178 Å². The van der Waals surface area contributed by atoms with Crippen LogP contribution < -0.4 is 20.0 Å². The first-order chi connectivity index (χ1) is 51.7. The Labute approximate surface area is 624 Å². The molecule has 3 saturated carbocycles. The number of ether oxygens (including phenoxy) is 3. The van der Waals surface area contributed by atoms with Gasteiger partial charge >= 0.3 is 30.2 Å². The number of benzene rings is 5. The van der Waals surface area contributed by atoms with E-state index in [9.17, 15) is 34.2 Å². The van der Waals surface area contributed by atoms with Crippen molar-refractivity contribution >= 4 is 80.4 Å². The fraction of sp³-hybridized carbons (Fsp3) is 0.470. The van der Waals surface area contributed by atoms with E-state index >= 15 is 0 Å². The normalized spacial score (nSPS) is 21.5. The highest BCUT2D eigenvalue weighted by atomic mass is 16.6. The third kappa shape index (κ3) is 14.8. The smallest absolute Gasteiger partial charge is 0.414 e. The van der Waals surface area contributed by atoms with Gasteiger partial charge in [-0.05, 0) is 201 Å². The van der Waals surface area contributed by atoms with Crippen LogP contribution in [0, 0.1) is 31.1 Å². The van der Waals surface area contributed by atoms with E-state index in [1.165, 1.54) is 43.6 Å². The number of imidazole rings is 3. The highest BCUT2D eigenvalue weighted by Gasteiger charge is 2.56. The van der Waals surface area contributed by atoms with Crippen LogP contribution in [-0.2, 0) is 95.4 Å². The molecule has 5 aromatic carbocycles. The quantitative estimate of drug-likeness (QED) is 0.0565. The Balaban J connectivity index is 0.000000135. The van der Waals surface area contributed by atoms with Crippen LogP contribution in [0.25, 0.3) is 33.1 Å². The van der Waals surface area contributed by atoms with E-state index in [-0.39, 0.29) is 59.7 Å². The van der Waals surface area contributed by atoms with Crippen LogP contribution in [0.2, 0.25) is 0 Å². The molecule has 0 unspecified atom stereocenters. The minimum absolute atomic E-state index is 0.0541. The zero-order valence-electron chi connectivity index (χ0n) is 63.0.